The Morgan fingerprint density at radius 1 is 1.20 bits per heavy atom. The minimum absolute atomic E-state index is 0.510. The van der Waals surface area contributed by atoms with Crippen molar-refractivity contribution < 1.29 is 9.47 Å². The second-order valence-corrected chi connectivity index (χ2v) is 4.90. The van der Waals surface area contributed by atoms with Gasteiger partial charge >= 0.3 is 0 Å². The molecule has 1 aromatic heterocycles. The summed E-state index contributed by atoms with van der Waals surface area (Å²) in [6.45, 7) is 3.68. The molecule has 2 heterocycles. The summed E-state index contributed by atoms with van der Waals surface area (Å²) >= 11 is 0. The van der Waals surface area contributed by atoms with Crippen LogP contribution < -0.4 is 9.47 Å². The van der Waals surface area contributed by atoms with Gasteiger partial charge in [0, 0.05) is 32.0 Å². The number of nitrogens with zero attached hydrogens (tertiary/aromatic N) is 3. The number of benzene rings is 1. The van der Waals surface area contributed by atoms with Gasteiger partial charge in [0.2, 0.25) is 0 Å². The summed E-state index contributed by atoms with van der Waals surface area (Å²) in [5, 5.41) is 4.27. The van der Waals surface area contributed by atoms with Crippen LogP contribution in [0.25, 0.3) is 0 Å². The van der Waals surface area contributed by atoms with E-state index in [1.54, 1.807) is 7.11 Å². The van der Waals surface area contributed by atoms with E-state index in [-0.39, 0.29) is 0 Å². The Morgan fingerprint density at radius 2 is 2.00 bits per heavy atom. The van der Waals surface area contributed by atoms with Crippen LogP contribution in [-0.2, 0) is 0 Å². The Morgan fingerprint density at radius 3 is 2.70 bits per heavy atom. The van der Waals surface area contributed by atoms with Crippen molar-refractivity contribution in [3.8, 4) is 11.5 Å². The molecule has 0 unspecified atom stereocenters. The molecule has 0 radical (unpaired) electrons. The molecule has 2 aromatic rings. The highest BCUT2D eigenvalue weighted by Crippen LogP contribution is 2.26. The average molecular weight is 273 g/mol. The number of hydrogen-bond acceptors (Lipinski definition) is 4. The van der Waals surface area contributed by atoms with Crippen LogP contribution in [0, 0.1) is 0 Å². The van der Waals surface area contributed by atoms with E-state index in [0.29, 0.717) is 12.6 Å². The van der Waals surface area contributed by atoms with Crippen molar-refractivity contribution in [3.05, 3.63) is 42.7 Å². The summed E-state index contributed by atoms with van der Waals surface area (Å²) in [5.74, 6) is 1.59. The largest absolute Gasteiger partial charge is 0.493 e. The number of para-hydroxylation sites is 2. The standard InChI is InChI=1S/C15H19N3O2/c1-19-14-5-2-3-6-15(14)20-10-9-17-11-13(12-17)18-8-4-7-16-18/h2-8,13H,9-12H2,1H3. The van der Waals surface area contributed by atoms with Crippen LogP contribution in [0.2, 0.25) is 0 Å². The quantitative estimate of drug-likeness (QED) is 0.805. The zero-order chi connectivity index (χ0) is 13.8. The molecule has 5 heteroatoms. The molecule has 0 atom stereocenters. The topological polar surface area (TPSA) is 39.5 Å². The van der Waals surface area contributed by atoms with Gasteiger partial charge in [0.15, 0.2) is 11.5 Å². The second-order valence-electron chi connectivity index (χ2n) is 4.90. The van der Waals surface area contributed by atoms with Crippen molar-refractivity contribution in [2.75, 3.05) is 33.4 Å². The molecular weight excluding hydrogens is 254 g/mol. The van der Waals surface area contributed by atoms with Crippen LogP contribution in [0.1, 0.15) is 6.04 Å². The van der Waals surface area contributed by atoms with E-state index >= 15 is 0 Å². The molecule has 20 heavy (non-hydrogen) atoms. The first-order valence-corrected chi connectivity index (χ1v) is 6.84. The highest BCUT2D eigenvalue weighted by atomic mass is 16.5. The molecule has 1 aliphatic heterocycles. The van der Waals surface area contributed by atoms with Crippen molar-refractivity contribution in [1.29, 1.82) is 0 Å². The van der Waals surface area contributed by atoms with Gasteiger partial charge in [-0.05, 0) is 18.2 Å². The Kier molecular flexibility index (Phi) is 3.87. The second kappa shape index (κ2) is 5.96. The Hall–Kier alpha value is -2.01. The lowest BCUT2D eigenvalue weighted by Gasteiger charge is -2.39. The van der Waals surface area contributed by atoms with Crippen LogP contribution in [0.5, 0.6) is 11.5 Å². The fourth-order valence-corrected chi connectivity index (χ4v) is 2.41. The summed E-state index contributed by atoms with van der Waals surface area (Å²) in [6, 6.07) is 10.2. The van der Waals surface area contributed by atoms with Gasteiger partial charge in [-0.3, -0.25) is 9.58 Å². The third-order valence-corrected chi connectivity index (χ3v) is 3.57. The third kappa shape index (κ3) is 2.77. The van der Waals surface area contributed by atoms with Crippen LogP contribution >= 0.6 is 0 Å². The van der Waals surface area contributed by atoms with E-state index in [1.165, 1.54) is 0 Å². The fraction of sp³-hybridized carbons (Fsp3) is 0.400. The van der Waals surface area contributed by atoms with E-state index in [4.69, 9.17) is 9.47 Å². The lowest BCUT2D eigenvalue weighted by Crippen LogP contribution is -2.49. The molecule has 0 N–H and O–H groups in total. The van der Waals surface area contributed by atoms with Gasteiger partial charge < -0.3 is 9.47 Å². The smallest absolute Gasteiger partial charge is 0.161 e. The SMILES string of the molecule is COc1ccccc1OCCN1CC(n2cccn2)C1. The number of hydrogen-bond donors (Lipinski definition) is 0. The van der Waals surface area contributed by atoms with Gasteiger partial charge in [0.05, 0.1) is 13.2 Å². The van der Waals surface area contributed by atoms with Gasteiger partial charge in [-0.25, -0.2) is 0 Å². The lowest BCUT2D eigenvalue weighted by atomic mass is 10.1. The molecule has 1 fully saturated rings. The Balaban J connectivity index is 1.41. The molecule has 0 aliphatic carbocycles. The summed E-state index contributed by atoms with van der Waals surface area (Å²) < 4.78 is 13.1. The minimum Gasteiger partial charge on any atom is -0.493 e. The van der Waals surface area contributed by atoms with Gasteiger partial charge in [-0.2, -0.15) is 5.10 Å². The molecule has 1 saturated heterocycles. The number of methoxy groups -OCH3 is 1. The van der Waals surface area contributed by atoms with Gasteiger partial charge in [0.1, 0.15) is 6.61 Å². The van der Waals surface area contributed by atoms with Crippen molar-refractivity contribution in [1.82, 2.24) is 14.7 Å². The Labute approximate surface area is 118 Å². The number of rotatable bonds is 6. The molecular formula is C15H19N3O2. The third-order valence-electron chi connectivity index (χ3n) is 3.57. The maximum Gasteiger partial charge on any atom is 0.161 e. The van der Waals surface area contributed by atoms with E-state index in [1.807, 2.05) is 47.4 Å². The lowest BCUT2D eigenvalue weighted by molar-refractivity contribution is 0.0812. The molecule has 0 bridgehead atoms. The normalized spacial score (nSPS) is 15.8. The predicted molar refractivity (Wildman–Crippen MR) is 76.2 cm³/mol. The molecule has 0 amide bonds. The average Bonchev–Trinajstić information content (AvgIpc) is 2.95. The minimum atomic E-state index is 0.510. The highest BCUT2D eigenvalue weighted by Gasteiger charge is 2.27. The fourth-order valence-electron chi connectivity index (χ4n) is 2.41. The maximum absolute atomic E-state index is 5.77. The van der Waals surface area contributed by atoms with Crippen LogP contribution in [0.15, 0.2) is 42.7 Å². The van der Waals surface area contributed by atoms with Gasteiger partial charge in [-0.1, -0.05) is 12.1 Å². The Bertz CT molecular complexity index is 536. The molecule has 0 spiro atoms. The zero-order valence-corrected chi connectivity index (χ0v) is 11.6. The van der Waals surface area contributed by atoms with Crippen LogP contribution in [0.4, 0.5) is 0 Å². The van der Waals surface area contributed by atoms with Crippen molar-refractivity contribution in [2.24, 2.45) is 0 Å². The number of likely N-dealkylation sites (tertiary alicyclic amines) is 1. The predicted octanol–water partition coefficient (Wildman–Crippen LogP) is 1.83. The van der Waals surface area contributed by atoms with Crippen molar-refractivity contribution in [3.63, 3.8) is 0 Å². The summed E-state index contributed by atoms with van der Waals surface area (Å²) in [5.41, 5.74) is 0. The molecule has 3 rings (SSSR count). The van der Waals surface area contributed by atoms with E-state index < -0.39 is 0 Å². The van der Waals surface area contributed by atoms with E-state index in [2.05, 4.69) is 10.00 Å². The molecule has 5 nitrogen and oxygen atoms in total. The summed E-state index contributed by atoms with van der Waals surface area (Å²) in [4.78, 5) is 2.36. The monoisotopic (exact) mass is 273 g/mol. The first-order valence-electron chi connectivity index (χ1n) is 6.84. The van der Waals surface area contributed by atoms with Crippen molar-refractivity contribution >= 4 is 0 Å². The van der Waals surface area contributed by atoms with Gasteiger partial charge in [-0.15, -0.1) is 0 Å². The summed E-state index contributed by atoms with van der Waals surface area (Å²) in [6.07, 6.45) is 3.85. The molecule has 0 saturated carbocycles. The van der Waals surface area contributed by atoms with E-state index in [0.717, 1.165) is 31.1 Å². The van der Waals surface area contributed by atoms with Gasteiger partial charge in [0.25, 0.3) is 0 Å². The number of aromatic nitrogens is 2. The number of ether oxygens (including phenoxy) is 2. The van der Waals surface area contributed by atoms with Crippen molar-refractivity contribution in [2.45, 2.75) is 6.04 Å². The molecule has 106 valence electrons. The van der Waals surface area contributed by atoms with E-state index in [9.17, 15) is 0 Å². The van der Waals surface area contributed by atoms with Crippen LogP contribution in [0.3, 0.4) is 0 Å². The summed E-state index contributed by atoms with van der Waals surface area (Å²) in [7, 11) is 1.66. The molecule has 1 aromatic carbocycles. The first kappa shape index (κ1) is 13.0. The zero-order valence-electron chi connectivity index (χ0n) is 11.6. The maximum atomic E-state index is 5.77. The van der Waals surface area contributed by atoms with Crippen LogP contribution in [-0.4, -0.2) is 48.0 Å². The highest BCUT2D eigenvalue weighted by molar-refractivity contribution is 5.39. The first-order chi connectivity index (χ1) is 9.86. The molecule has 1 aliphatic rings.